The molecule has 13 heavy (non-hydrogen) atoms. The summed E-state index contributed by atoms with van der Waals surface area (Å²) in [5.74, 6) is 5.51. The van der Waals surface area contributed by atoms with Gasteiger partial charge in [-0.1, -0.05) is 17.9 Å². The van der Waals surface area contributed by atoms with Crippen LogP contribution < -0.4 is 0 Å². The minimum atomic E-state index is 0.165. The number of rotatable bonds is 1. The third kappa shape index (κ3) is 2.64. The third-order valence-corrected chi connectivity index (χ3v) is 1.56. The van der Waals surface area contributed by atoms with Crippen molar-refractivity contribution >= 4 is 6.29 Å². The fourth-order valence-electron chi connectivity index (χ4n) is 0.935. The van der Waals surface area contributed by atoms with E-state index in [0.29, 0.717) is 5.56 Å². The molecule has 0 aromatic heterocycles. The van der Waals surface area contributed by atoms with Crippen molar-refractivity contribution in [2.24, 2.45) is 0 Å². The van der Waals surface area contributed by atoms with Crippen molar-refractivity contribution < 1.29 is 9.90 Å². The molecule has 2 nitrogen and oxygen atoms in total. The smallest absolute Gasteiger partial charge is 0.131 e. The first-order valence-electron chi connectivity index (χ1n) is 3.96. The highest BCUT2D eigenvalue weighted by atomic mass is 16.3. The van der Waals surface area contributed by atoms with E-state index in [1.807, 2.05) is 13.0 Å². The summed E-state index contributed by atoms with van der Waals surface area (Å²) in [5, 5.41) is 9.40. The molecule has 0 saturated carbocycles. The molecule has 0 unspecified atom stereocenters. The van der Waals surface area contributed by atoms with Crippen molar-refractivity contribution in [2.75, 3.05) is 0 Å². The molecule has 0 radical (unpaired) electrons. The number of benzene rings is 1. The first kappa shape index (κ1) is 9.34. The standard InChI is InChI=1S/C11H10O2/c1-9-5-6-10(11(13)8-9)4-2-3-7-12/h5-8,13H,3H2,1H3. The number of phenols is 1. The van der Waals surface area contributed by atoms with Gasteiger partial charge in [0.05, 0.1) is 12.0 Å². The molecule has 0 amide bonds. The molecule has 1 aromatic carbocycles. The number of aryl methyl sites for hydroxylation is 1. The van der Waals surface area contributed by atoms with E-state index in [1.54, 1.807) is 12.1 Å². The van der Waals surface area contributed by atoms with Gasteiger partial charge in [-0.05, 0) is 24.6 Å². The molecule has 0 spiro atoms. The van der Waals surface area contributed by atoms with Crippen LogP contribution in [0.2, 0.25) is 0 Å². The number of carbonyl (C=O) groups is 1. The molecule has 2 heteroatoms. The lowest BCUT2D eigenvalue weighted by molar-refractivity contribution is -0.107. The van der Waals surface area contributed by atoms with E-state index in [2.05, 4.69) is 11.8 Å². The van der Waals surface area contributed by atoms with E-state index >= 15 is 0 Å². The van der Waals surface area contributed by atoms with Crippen LogP contribution >= 0.6 is 0 Å². The fraction of sp³-hybridized carbons (Fsp3) is 0.182. The molecule has 0 aliphatic carbocycles. The number of hydrogen-bond donors (Lipinski definition) is 1. The molecule has 1 N–H and O–H groups in total. The number of carbonyl (C=O) groups excluding carboxylic acids is 1. The first-order valence-corrected chi connectivity index (χ1v) is 3.96. The monoisotopic (exact) mass is 174 g/mol. The number of hydrogen-bond acceptors (Lipinski definition) is 2. The molecular weight excluding hydrogens is 164 g/mol. The summed E-state index contributed by atoms with van der Waals surface area (Å²) in [6, 6.07) is 5.25. The maximum Gasteiger partial charge on any atom is 0.131 e. The summed E-state index contributed by atoms with van der Waals surface area (Å²) < 4.78 is 0. The molecule has 0 fully saturated rings. The molecule has 1 rings (SSSR count). The predicted octanol–water partition coefficient (Wildman–Crippen LogP) is 1.64. The second kappa shape index (κ2) is 4.32. The average molecular weight is 174 g/mol. The van der Waals surface area contributed by atoms with Crippen LogP contribution in [0.1, 0.15) is 17.5 Å². The highest BCUT2D eigenvalue weighted by molar-refractivity contribution is 5.56. The predicted molar refractivity (Wildman–Crippen MR) is 50.4 cm³/mol. The summed E-state index contributed by atoms with van der Waals surface area (Å²) in [4.78, 5) is 9.97. The van der Waals surface area contributed by atoms with E-state index in [4.69, 9.17) is 0 Å². The van der Waals surface area contributed by atoms with Crippen LogP contribution in [0.4, 0.5) is 0 Å². The Morgan fingerprint density at radius 2 is 2.31 bits per heavy atom. The van der Waals surface area contributed by atoms with E-state index in [1.165, 1.54) is 0 Å². The van der Waals surface area contributed by atoms with Crippen LogP contribution in [-0.2, 0) is 4.79 Å². The largest absolute Gasteiger partial charge is 0.507 e. The number of phenolic OH excluding ortho intramolecular Hbond substituents is 1. The molecule has 0 aliphatic rings. The molecule has 1 aromatic rings. The SMILES string of the molecule is Cc1ccc(C#CCC=O)c(O)c1. The number of aromatic hydroxyl groups is 1. The van der Waals surface area contributed by atoms with Gasteiger partial charge >= 0.3 is 0 Å². The highest BCUT2D eigenvalue weighted by Crippen LogP contribution is 2.16. The third-order valence-electron chi connectivity index (χ3n) is 1.56. The quantitative estimate of drug-likeness (QED) is 0.519. The van der Waals surface area contributed by atoms with Crippen LogP contribution in [0.5, 0.6) is 5.75 Å². The maximum atomic E-state index is 9.97. The van der Waals surface area contributed by atoms with Crippen LogP contribution in [0.3, 0.4) is 0 Å². The van der Waals surface area contributed by atoms with Gasteiger partial charge in [-0.3, -0.25) is 0 Å². The minimum Gasteiger partial charge on any atom is -0.507 e. The van der Waals surface area contributed by atoms with Gasteiger partial charge in [0, 0.05) is 0 Å². The van der Waals surface area contributed by atoms with Crippen LogP contribution in [0.25, 0.3) is 0 Å². The Bertz CT molecular complexity index is 369. The van der Waals surface area contributed by atoms with Gasteiger partial charge in [0.15, 0.2) is 0 Å². The minimum absolute atomic E-state index is 0.165. The average Bonchev–Trinajstić information content (AvgIpc) is 2.09. The van der Waals surface area contributed by atoms with Crippen molar-refractivity contribution in [1.29, 1.82) is 0 Å². The lowest BCUT2D eigenvalue weighted by atomic mass is 10.1. The molecule has 66 valence electrons. The maximum absolute atomic E-state index is 9.97. The van der Waals surface area contributed by atoms with Crippen LogP contribution in [0.15, 0.2) is 18.2 Å². The Kier molecular flexibility index (Phi) is 3.10. The summed E-state index contributed by atoms with van der Waals surface area (Å²) in [6.45, 7) is 1.89. The van der Waals surface area contributed by atoms with Gasteiger partial charge in [-0.15, -0.1) is 0 Å². The van der Waals surface area contributed by atoms with E-state index in [-0.39, 0.29) is 12.2 Å². The van der Waals surface area contributed by atoms with Crippen molar-refractivity contribution in [2.45, 2.75) is 13.3 Å². The van der Waals surface area contributed by atoms with E-state index in [9.17, 15) is 9.90 Å². The normalized spacial score (nSPS) is 8.69. The Balaban J connectivity index is 2.91. The Hall–Kier alpha value is -1.75. The zero-order valence-electron chi connectivity index (χ0n) is 7.37. The topological polar surface area (TPSA) is 37.3 Å². The second-order valence-electron chi connectivity index (χ2n) is 2.69. The molecular formula is C11H10O2. The zero-order chi connectivity index (χ0) is 9.68. The molecule has 0 atom stereocenters. The Morgan fingerprint density at radius 3 is 2.92 bits per heavy atom. The second-order valence-corrected chi connectivity index (χ2v) is 2.69. The van der Waals surface area contributed by atoms with Crippen molar-refractivity contribution in [3.05, 3.63) is 29.3 Å². The number of aldehydes is 1. The van der Waals surface area contributed by atoms with Gasteiger partial charge in [-0.2, -0.15) is 0 Å². The molecule has 0 heterocycles. The van der Waals surface area contributed by atoms with Gasteiger partial charge in [0.2, 0.25) is 0 Å². The van der Waals surface area contributed by atoms with Crippen LogP contribution in [0, 0.1) is 18.8 Å². The van der Waals surface area contributed by atoms with Crippen molar-refractivity contribution in [3.8, 4) is 17.6 Å². The van der Waals surface area contributed by atoms with Gasteiger partial charge in [0.1, 0.15) is 12.0 Å². The fourth-order valence-corrected chi connectivity index (χ4v) is 0.935. The van der Waals surface area contributed by atoms with Crippen molar-refractivity contribution in [1.82, 2.24) is 0 Å². The molecule has 0 saturated heterocycles. The van der Waals surface area contributed by atoms with Crippen molar-refractivity contribution in [3.63, 3.8) is 0 Å². The summed E-state index contributed by atoms with van der Waals surface area (Å²) >= 11 is 0. The summed E-state index contributed by atoms with van der Waals surface area (Å²) in [6.07, 6.45) is 0.936. The van der Waals surface area contributed by atoms with E-state index in [0.717, 1.165) is 11.8 Å². The first-order chi connectivity index (χ1) is 6.24. The summed E-state index contributed by atoms with van der Waals surface area (Å²) in [5.41, 5.74) is 1.55. The zero-order valence-corrected chi connectivity index (χ0v) is 7.37. The Morgan fingerprint density at radius 1 is 1.54 bits per heavy atom. The van der Waals surface area contributed by atoms with Crippen LogP contribution in [-0.4, -0.2) is 11.4 Å². The lowest BCUT2D eigenvalue weighted by Gasteiger charge is -1.97. The van der Waals surface area contributed by atoms with Gasteiger partial charge in [0.25, 0.3) is 0 Å². The Labute approximate surface area is 77.2 Å². The molecule has 0 aliphatic heterocycles. The lowest BCUT2D eigenvalue weighted by Crippen LogP contribution is -1.78. The highest BCUT2D eigenvalue weighted by Gasteiger charge is 1.95. The molecule has 0 bridgehead atoms. The summed E-state index contributed by atoms with van der Waals surface area (Å²) in [7, 11) is 0. The van der Waals surface area contributed by atoms with E-state index < -0.39 is 0 Å². The van der Waals surface area contributed by atoms with Gasteiger partial charge < -0.3 is 9.90 Å². The van der Waals surface area contributed by atoms with Gasteiger partial charge in [-0.25, -0.2) is 0 Å².